The van der Waals surface area contributed by atoms with Crippen LogP contribution in [-0.4, -0.2) is 30.7 Å². The molecule has 2 aromatic carbocycles. The van der Waals surface area contributed by atoms with Gasteiger partial charge < -0.3 is 4.43 Å². The summed E-state index contributed by atoms with van der Waals surface area (Å²) in [7, 11) is -2.00. The van der Waals surface area contributed by atoms with Gasteiger partial charge in [-0.3, -0.25) is 9.69 Å². The highest BCUT2D eigenvalue weighted by Gasteiger charge is 2.39. The fraction of sp³-hybridized carbons (Fsp3) is 0.233. The Morgan fingerprint density at radius 2 is 1.78 bits per heavy atom. The van der Waals surface area contributed by atoms with Crippen molar-refractivity contribution >= 4 is 48.9 Å². The smallest absolute Gasteiger partial charge is 0.282 e. The molecule has 37 heavy (non-hydrogen) atoms. The lowest BCUT2D eigenvalue weighted by atomic mass is 10.0. The van der Waals surface area contributed by atoms with Crippen molar-refractivity contribution < 1.29 is 9.22 Å². The highest BCUT2D eigenvalue weighted by atomic mass is 32.1. The molecular weight excluding hydrogens is 495 g/mol. The van der Waals surface area contributed by atoms with Crippen molar-refractivity contribution in [3.05, 3.63) is 100 Å². The quantitative estimate of drug-likeness (QED) is 0.249. The van der Waals surface area contributed by atoms with E-state index in [4.69, 9.17) is 14.4 Å². The Labute approximate surface area is 223 Å². The summed E-state index contributed by atoms with van der Waals surface area (Å²) in [5.41, 5.74) is 3.93. The molecule has 0 aliphatic carbocycles. The molecule has 0 N–H and O–H groups in total. The number of amidine groups is 1. The van der Waals surface area contributed by atoms with Crippen molar-refractivity contribution in [2.24, 2.45) is 9.98 Å². The molecule has 0 saturated heterocycles. The molecule has 0 unspecified atom stereocenters. The summed E-state index contributed by atoms with van der Waals surface area (Å²) < 4.78 is 6.55. The number of hydrogen-bond donors (Lipinski definition) is 0. The highest BCUT2D eigenvalue weighted by molar-refractivity contribution is 7.10. The molecule has 5 rings (SSSR count). The van der Waals surface area contributed by atoms with Crippen LogP contribution in [0, 0.1) is 0 Å². The van der Waals surface area contributed by atoms with Crippen LogP contribution in [0.1, 0.15) is 36.8 Å². The second-order valence-corrected chi connectivity index (χ2v) is 16.5. The van der Waals surface area contributed by atoms with Crippen molar-refractivity contribution in [2.45, 2.75) is 45.3 Å². The first kappa shape index (κ1) is 25.1. The van der Waals surface area contributed by atoms with Gasteiger partial charge in [0.25, 0.3) is 5.91 Å². The molecule has 0 fully saturated rings. The van der Waals surface area contributed by atoms with Gasteiger partial charge in [-0.2, -0.15) is 0 Å². The van der Waals surface area contributed by atoms with Gasteiger partial charge in [0.15, 0.2) is 5.84 Å². The van der Waals surface area contributed by atoms with E-state index in [0.717, 1.165) is 33.2 Å². The monoisotopic (exact) mass is 525 g/mol. The summed E-state index contributed by atoms with van der Waals surface area (Å²) in [4.78, 5) is 25.8. The fourth-order valence-electron chi connectivity index (χ4n) is 3.92. The zero-order valence-corrected chi connectivity index (χ0v) is 23.7. The van der Waals surface area contributed by atoms with E-state index >= 15 is 0 Å². The van der Waals surface area contributed by atoms with E-state index in [0.29, 0.717) is 18.0 Å². The Bertz CT molecular complexity index is 1450. The van der Waals surface area contributed by atoms with Crippen molar-refractivity contribution in [1.82, 2.24) is 4.90 Å². The van der Waals surface area contributed by atoms with Crippen molar-refractivity contribution in [2.75, 3.05) is 0 Å². The molecule has 3 aromatic rings. The largest absolute Gasteiger partial charge is 0.543 e. The molecule has 0 bridgehead atoms. The highest BCUT2D eigenvalue weighted by Crippen LogP contribution is 2.38. The summed E-state index contributed by atoms with van der Waals surface area (Å²) in [5.74, 6) is 1.28. The van der Waals surface area contributed by atoms with E-state index in [1.54, 1.807) is 22.4 Å². The number of carbonyl (C=O) groups excluding carboxylic acids is 1. The molecule has 188 valence electrons. The number of aliphatic imine (C=N–C) groups is 2. The van der Waals surface area contributed by atoms with Crippen molar-refractivity contribution in [3.8, 4) is 5.75 Å². The maximum Gasteiger partial charge on any atom is 0.282 e. The number of thiophene rings is 1. The minimum atomic E-state index is -2.00. The molecule has 2 aliphatic heterocycles. The van der Waals surface area contributed by atoms with E-state index in [1.165, 1.54) is 0 Å². The summed E-state index contributed by atoms with van der Waals surface area (Å²) >= 11 is 1.58. The lowest BCUT2D eigenvalue weighted by molar-refractivity contribution is -0.120. The van der Waals surface area contributed by atoms with Gasteiger partial charge in [0.05, 0.1) is 11.4 Å². The second kappa shape index (κ2) is 9.72. The Morgan fingerprint density at radius 3 is 2.49 bits per heavy atom. The fourth-order valence-corrected chi connectivity index (χ4v) is 5.59. The molecule has 0 spiro atoms. The molecule has 2 aliphatic rings. The van der Waals surface area contributed by atoms with Crippen molar-refractivity contribution in [1.29, 1.82) is 0 Å². The number of rotatable bonds is 6. The molecular formula is C30H31N3O2SSi. The normalized spacial score (nSPS) is 16.9. The van der Waals surface area contributed by atoms with Gasteiger partial charge in [-0.1, -0.05) is 69.3 Å². The van der Waals surface area contributed by atoms with E-state index in [2.05, 4.69) is 46.0 Å². The summed E-state index contributed by atoms with van der Waals surface area (Å²) in [6.07, 6.45) is 4.23. The zero-order valence-electron chi connectivity index (χ0n) is 21.9. The minimum Gasteiger partial charge on any atom is -0.543 e. The van der Waals surface area contributed by atoms with Crippen LogP contribution >= 0.6 is 11.3 Å². The topological polar surface area (TPSA) is 54.3 Å². The molecule has 7 heteroatoms. The minimum absolute atomic E-state index is 0.0900. The lowest BCUT2D eigenvalue weighted by Crippen LogP contribution is -2.43. The summed E-state index contributed by atoms with van der Waals surface area (Å²) in [6, 6.07) is 22.1. The molecule has 0 saturated carbocycles. The van der Waals surface area contributed by atoms with Crippen LogP contribution in [0.15, 0.2) is 94.0 Å². The molecule has 3 heterocycles. The van der Waals surface area contributed by atoms with Crippen LogP contribution in [0.2, 0.25) is 18.1 Å². The number of fused-ring (bicyclic) bond motifs is 1. The van der Waals surface area contributed by atoms with E-state index in [-0.39, 0.29) is 10.9 Å². The maximum atomic E-state index is 13.4. The van der Waals surface area contributed by atoms with Crippen LogP contribution in [0.4, 0.5) is 0 Å². The van der Waals surface area contributed by atoms with Crippen LogP contribution in [-0.2, 0) is 11.2 Å². The average Bonchev–Trinajstić information content (AvgIpc) is 3.48. The van der Waals surface area contributed by atoms with Gasteiger partial charge in [0, 0.05) is 23.1 Å². The lowest BCUT2D eigenvalue weighted by Gasteiger charge is -2.36. The number of amides is 1. The van der Waals surface area contributed by atoms with Crippen LogP contribution in [0.3, 0.4) is 0 Å². The third-order valence-corrected chi connectivity index (χ3v) is 12.2. The van der Waals surface area contributed by atoms with E-state index < -0.39 is 8.32 Å². The first-order valence-corrected chi connectivity index (χ1v) is 16.2. The van der Waals surface area contributed by atoms with Crippen LogP contribution in [0.25, 0.3) is 11.8 Å². The third-order valence-electron chi connectivity index (χ3n) is 7.00. The first-order valence-electron chi connectivity index (χ1n) is 12.4. The van der Waals surface area contributed by atoms with Crippen LogP contribution < -0.4 is 4.43 Å². The Balaban J connectivity index is 1.53. The zero-order chi connectivity index (χ0) is 26.2. The maximum absolute atomic E-state index is 13.4. The van der Waals surface area contributed by atoms with Crippen LogP contribution in [0.5, 0.6) is 5.75 Å². The Kier molecular flexibility index (Phi) is 6.60. The number of benzene rings is 2. The molecule has 1 aromatic heterocycles. The predicted molar refractivity (Wildman–Crippen MR) is 156 cm³/mol. The average molecular weight is 526 g/mol. The molecule has 0 radical (unpaired) electrons. The predicted octanol–water partition coefficient (Wildman–Crippen LogP) is 7.41. The van der Waals surface area contributed by atoms with Gasteiger partial charge >= 0.3 is 0 Å². The molecule has 0 atom stereocenters. The number of carbonyl (C=O) groups is 1. The van der Waals surface area contributed by atoms with Gasteiger partial charge in [0.1, 0.15) is 11.4 Å². The van der Waals surface area contributed by atoms with E-state index in [9.17, 15) is 4.79 Å². The molecule has 1 amide bonds. The standard InChI is InChI=1S/C30H31N3O2SSi/c1-30(2,3)37(4,5)35-23-14-9-13-22(18-23)27-20-33-28(25(31-27)17-21-11-7-6-8-12-21)32-26(29(33)34)19-24-15-10-16-36-24/h6-16,18-20H,17H2,1-5H3. The van der Waals surface area contributed by atoms with Gasteiger partial charge in [-0.15, -0.1) is 11.3 Å². The number of nitrogens with zero attached hydrogens (tertiary/aromatic N) is 3. The Hall–Kier alpha value is -3.55. The molecule has 5 nitrogen and oxygen atoms in total. The van der Waals surface area contributed by atoms with E-state index in [1.807, 2.05) is 66.1 Å². The Morgan fingerprint density at radius 1 is 1.00 bits per heavy atom. The SMILES string of the molecule is CC(C)(C)[Si](C)(C)Oc1cccc(C2=CN3C(=O)C(=Cc4cccs4)N=C3C(Cc3ccccc3)=N2)c1. The first-order chi connectivity index (χ1) is 17.6. The van der Waals surface area contributed by atoms with Gasteiger partial charge in [-0.25, -0.2) is 9.98 Å². The number of hydrogen-bond acceptors (Lipinski definition) is 5. The van der Waals surface area contributed by atoms with Crippen molar-refractivity contribution in [3.63, 3.8) is 0 Å². The second-order valence-electron chi connectivity index (χ2n) is 10.8. The summed E-state index contributed by atoms with van der Waals surface area (Å²) in [5, 5.41) is 2.08. The summed E-state index contributed by atoms with van der Waals surface area (Å²) in [6.45, 7) is 11.2. The van der Waals surface area contributed by atoms with Gasteiger partial charge in [0.2, 0.25) is 8.32 Å². The third kappa shape index (κ3) is 5.28. The van der Waals surface area contributed by atoms with Gasteiger partial charge in [-0.05, 0) is 53.4 Å².